The number of likely N-dealkylation sites (N-methyl/N-ethyl adjacent to an activating group) is 1. The lowest BCUT2D eigenvalue weighted by Gasteiger charge is -2.37. The van der Waals surface area contributed by atoms with Crippen LogP contribution in [0.2, 0.25) is 0 Å². The van der Waals surface area contributed by atoms with Crippen molar-refractivity contribution in [3.8, 4) is 0 Å². The van der Waals surface area contributed by atoms with Crippen molar-refractivity contribution >= 4 is 11.8 Å². The van der Waals surface area contributed by atoms with Crippen LogP contribution in [0.1, 0.15) is 19.4 Å². The fourth-order valence-corrected chi connectivity index (χ4v) is 2.27. The normalized spacial score (nSPS) is 13.2. The molecule has 17 heavy (non-hydrogen) atoms. The van der Waals surface area contributed by atoms with Crippen LogP contribution in [0.4, 0.5) is 0 Å². The quantitative estimate of drug-likeness (QED) is 0.341. The molecule has 0 aliphatic carbocycles. The van der Waals surface area contributed by atoms with Gasteiger partial charge in [0.1, 0.15) is 0 Å². The molecule has 0 heterocycles. The Balaban J connectivity index is 3.03. The molecular weight excluding hydrogens is 236 g/mol. The summed E-state index contributed by atoms with van der Waals surface area (Å²) in [4.78, 5) is 2.80. The van der Waals surface area contributed by atoms with Gasteiger partial charge in [-0.3, -0.25) is 0 Å². The fourth-order valence-electron chi connectivity index (χ4n) is 1.96. The first-order valence-corrected chi connectivity index (χ1v) is 5.79. The van der Waals surface area contributed by atoms with Crippen molar-refractivity contribution in [1.29, 1.82) is 0 Å². The predicted octanol–water partition coefficient (Wildman–Crippen LogP) is 3.73. The molecule has 0 aliphatic rings. The lowest BCUT2D eigenvalue weighted by Crippen LogP contribution is -2.44. The summed E-state index contributed by atoms with van der Waals surface area (Å²) in [5, 5.41) is 3.64. The Hall–Kier alpha value is -1.22. The zero-order chi connectivity index (χ0) is 12.9. The lowest BCUT2D eigenvalue weighted by molar-refractivity contribution is 0.269. The zero-order valence-corrected chi connectivity index (χ0v) is 11.1. The van der Waals surface area contributed by atoms with Gasteiger partial charge in [0.25, 0.3) is 0 Å². The number of azide groups is 1. The van der Waals surface area contributed by atoms with E-state index in [0.717, 1.165) is 0 Å². The van der Waals surface area contributed by atoms with Crippen molar-refractivity contribution in [2.75, 3.05) is 13.6 Å². The van der Waals surface area contributed by atoms with Crippen molar-refractivity contribution in [2.24, 2.45) is 5.11 Å². The first-order chi connectivity index (χ1) is 8.00. The summed E-state index contributed by atoms with van der Waals surface area (Å²) in [6.07, 6.45) is 0. The van der Waals surface area contributed by atoms with Gasteiger partial charge in [-0.05, 0) is 22.9 Å². The summed E-state index contributed by atoms with van der Waals surface area (Å²) < 4.78 is 1.58. The van der Waals surface area contributed by atoms with Crippen molar-refractivity contribution in [1.82, 2.24) is 4.42 Å². The van der Waals surface area contributed by atoms with Gasteiger partial charge < -0.3 is 0 Å². The van der Waals surface area contributed by atoms with E-state index in [2.05, 4.69) is 36.0 Å². The molecule has 0 bridgehead atoms. The Kier molecular flexibility index (Phi) is 4.82. The molecule has 0 spiro atoms. The third kappa shape index (κ3) is 3.37. The van der Waals surface area contributed by atoms with E-state index in [1.165, 1.54) is 5.56 Å². The zero-order valence-electron chi connectivity index (χ0n) is 10.3. The molecule has 0 unspecified atom stereocenters. The largest absolute Gasteiger partial charge is 0.219 e. The number of rotatable bonds is 5. The van der Waals surface area contributed by atoms with E-state index < -0.39 is 0 Å². The smallest absolute Gasteiger partial charge is 0.0435 e. The van der Waals surface area contributed by atoms with Gasteiger partial charge in [-0.2, -0.15) is 0 Å². The average Bonchev–Trinajstić information content (AvgIpc) is 2.30. The number of benzene rings is 1. The SMILES string of the molecule is CN(Cl)[C@H](CN=[N+]=[N-])C(C)(C)c1ccccc1. The first kappa shape index (κ1) is 13.8. The van der Waals surface area contributed by atoms with Gasteiger partial charge in [-0.15, -0.1) is 0 Å². The summed E-state index contributed by atoms with van der Waals surface area (Å²) in [5.74, 6) is 0. The van der Waals surface area contributed by atoms with Crippen LogP contribution in [0.15, 0.2) is 35.4 Å². The van der Waals surface area contributed by atoms with E-state index >= 15 is 0 Å². The fraction of sp³-hybridized carbons (Fsp3) is 0.500. The lowest BCUT2D eigenvalue weighted by atomic mass is 9.78. The maximum atomic E-state index is 8.43. The van der Waals surface area contributed by atoms with E-state index in [1.807, 2.05) is 18.2 Å². The Morgan fingerprint density at radius 3 is 2.47 bits per heavy atom. The third-order valence-corrected chi connectivity index (χ3v) is 3.33. The molecule has 4 nitrogen and oxygen atoms in total. The Morgan fingerprint density at radius 2 is 2.00 bits per heavy atom. The molecule has 1 atom stereocenters. The molecule has 5 heteroatoms. The van der Waals surface area contributed by atoms with Gasteiger partial charge in [0.2, 0.25) is 0 Å². The molecular formula is C12H17ClN4. The van der Waals surface area contributed by atoms with Gasteiger partial charge in [-0.25, -0.2) is 4.42 Å². The van der Waals surface area contributed by atoms with Crippen LogP contribution >= 0.6 is 11.8 Å². The second kappa shape index (κ2) is 5.92. The van der Waals surface area contributed by atoms with Crippen molar-refractivity contribution in [3.63, 3.8) is 0 Å². The van der Waals surface area contributed by atoms with Gasteiger partial charge in [0.05, 0.1) is 0 Å². The minimum absolute atomic E-state index is 0.0533. The summed E-state index contributed by atoms with van der Waals surface area (Å²) in [6.45, 7) is 4.54. The number of hydrogen-bond donors (Lipinski definition) is 0. The third-order valence-electron chi connectivity index (χ3n) is 3.10. The van der Waals surface area contributed by atoms with Crippen LogP contribution in [-0.2, 0) is 5.41 Å². The summed E-state index contributed by atoms with van der Waals surface area (Å²) >= 11 is 6.06. The van der Waals surface area contributed by atoms with Crippen LogP contribution in [0, 0.1) is 0 Å². The van der Waals surface area contributed by atoms with Gasteiger partial charge in [-0.1, -0.05) is 49.3 Å². The van der Waals surface area contributed by atoms with Crippen LogP contribution < -0.4 is 0 Å². The standard InChI is InChI=1S/C12H17ClN4/c1-12(2,10-7-5-4-6-8-10)11(17(3)13)9-15-16-14/h4-8,11H,9H2,1-3H3/t11-/m1/s1. The highest BCUT2D eigenvalue weighted by Crippen LogP contribution is 2.30. The summed E-state index contributed by atoms with van der Waals surface area (Å²) in [5.41, 5.74) is 9.41. The number of nitrogens with zero attached hydrogens (tertiary/aromatic N) is 4. The van der Waals surface area contributed by atoms with E-state index in [4.69, 9.17) is 17.3 Å². The van der Waals surface area contributed by atoms with Crippen molar-refractivity contribution in [3.05, 3.63) is 46.3 Å². The van der Waals surface area contributed by atoms with E-state index in [9.17, 15) is 0 Å². The van der Waals surface area contributed by atoms with Crippen molar-refractivity contribution in [2.45, 2.75) is 25.3 Å². The molecule has 1 rings (SSSR count). The average molecular weight is 253 g/mol. The molecule has 1 aromatic carbocycles. The topological polar surface area (TPSA) is 52.0 Å². The maximum absolute atomic E-state index is 8.43. The van der Waals surface area contributed by atoms with Crippen LogP contribution in [0.25, 0.3) is 10.4 Å². The van der Waals surface area contributed by atoms with Crippen LogP contribution in [0.5, 0.6) is 0 Å². The molecule has 0 saturated carbocycles. The number of halogens is 1. The Bertz CT molecular complexity index is 396. The molecule has 0 radical (unpaired) electrons. The molecule has 0 amide bonds. The molecule has 1 aromatic rings. The highest BCUT2D eigenvalue weighted by molar-refractivity contribution is 6.13. The summed E-state index contributed by atoms with van der Waals surface area (Å²) in [6, 6.07) is 10.0. The highest BCUT2D eigenvalue weighted by Gasteiger charge is 2.33. The summed E-state index contributed by atoms with van der Waals surface area (Å²) in [7, 11) is 1.78. The van der Waals surface area contributed by atoms with Crippen LogP contribution in [0.3, 0.4) is 0 Å². The number of hydrogen-bond acceptors (Lipinski definition) is 2. The molecule has 0 saturated heterocycles. The Morgan fingerprint density at radius 1 is 1.41 bits per heavy atom. The van der Waals surface area contributed by atoms with Gasteiger partial charge in [0.15, 0.2) is 0 Å². The Labute approximate surface area is 107 Å². The van der Waals surface area contributed by atoms with E-state index in [1.54, 1.807) is 11.5 Å². The molecule has 92 valence electrons. The molecule has 0 aliphatic heterocycles. The highest BCUT2D eigenvalue weighted by atomic mass is 35.5. The predicted molar refractivity (Wildman–Crippen MR) is 70.9 cm³/mol. The minimum Gasteiger partial charge on any atom is -0.219 e. The first-order valence-electron chi connectivity index (χ1n) is 5.45. The minimum atomic E-state index is -0.189. The monoisotopic (exact) mass is 252 g/mol. The van der Waals surface area contributed by atoms with Gasteiger partial charge in [0, 0.05) is 30.0 Å². The van der Waals surface area contributed by atoms with E-state index in [0.29, 0.717) is 6.54 Å². The molecule has 0 fully saturated rings. The molecule has 0 N–H and O–H groups in total. The van der Waals surface area contributed by atoms with E-state index in [-0.39, 0.29) is 11.5 Å². The second-order valence-electron chi connectivity index (χ2n) is 4.54. The molecule has 0 aromatic heterocycles. The second-order valence-corrected chi connectivity index (χ2v) is 5.08. The van der Waals surface area contributed by atoms with Crippen molar-refractivity contribution < 1.29 is 0 Å². The maximum Gasteiger partial charge on any atom is 0.0435 e. The van der Waals surface area contributed by atoms with Gasteiger partial charge >= 0.3 is 0 Å². The van der Waals surface area contributed by atoms with Crippen LogP contribution in [-0.4, -0.2) is 24.1 Å².